The molecule has 0 aliphatic carbocycles. The van der Waals surface area contributed by atoms with Crippen LogP contribution in [0, 0.1) is 29.5 Å². The fraction of sp³-hybridized carbons (Fsp3) is 0.250. The lowest BCUT2D eigenvalue weighted by Gasteiger charge is -2.27. The predicted molar refractivity (Wildman–Crippen MR) is 93.8 cm³/mol. The van der Waals surface area contributed by atoms with Gasteiger partial charge in [-0.2, -0.15) is 5.26 Å². The van der Waals surface area contributed by atoms with Crippen LogP contribution in [0.1, 0.15) is 36.1 Å². The van der Waals surface area contributed by atoms with E-state index in [2.05, 4.69) is 5.92 Å². The number of terminal acetylenes is 1. The molecule has 0 atom stereocenters. The van der Waals surface area contributed by atoms with Crippen molar-refractivity contribution >= 4 is 11.6 Å². The molecule has 2 aromatic rings. The summed E-state index contributed by atoms with van der Waals surface area (Å²) in [6.07, 6.45) is 5.38. The molecule has 0 saturated heterocycles. The third-order valence-corrected chi connectivity index (χ3v) is 4.14. The van der Waals surface area contributed by atoms with Crippen molar-refractivity contribution in [3.8, 4) is 24.2 Å². The zero-order valence-electron chi connectivity index (χ0n) is 13.6. The maximum absolute atomic E-state index is 14.4. The lowest BCUT2D eigenvalue weighted by Crippen LogP contribution is -2.20. The Morgan fingerprint density at radius 3 is 2.42 bits per heavy atom. The minimum absolute atomic E-state index is 0.0552. The monoisotopic (exact) mass is 341 g/mol. The van der Waals surface area contributed by atoms with Crippen LogP contribution in [0.25, 0.3) is 0 Å². The normalized spacial score (nSPS) is 10.8. The maximum Gasteiger partial charge on any atom is 0.172 e. The number of ether oxygens (including phenoxy) is 1. The van der Waals surface area contributed by atoms with Crippen LogP contribution in [-0.2, 0) is 5.41 Å². The molecule has 0 aliphatic heterocycles. The molecule has 2 nitrogen and oxygen atoms in total. The molecule has 24 heavy (non-hydrogen) atoms. The van der Waals surface area contributed by atoms with E-state index in [0.717, 1.165) is 11.1 Å². The third kappa shape index (κ3) is 3.53. The van der Waals surface area contributed by atoms with Gasteiger partial charge >= 0.3 is 0 Å². The van der Waals surface area contributed by atoms with Crippen molar-refractivity contribution in [2.75, 3.05) is 12.5 Å². The molecule has 0 unspecified atom stereocenters. The molecule has 0 heterocycles. The van der Waals surface area contributed by atoms with Crippen LogP contribution >= 0.6 is 11.6 Å². The number of hydrogen-bond donors (Lipinski definition) is 0. The fourth-order valence-electron chi connectivity index (χ4n) is 2.47. The van der Waals surface area contributed by atoms with Crippen molar-refractivity contribution in [3.05, 3.63) is 64.5 Å². The number of hydrogen-bond acceptors (Lipinski definition) is 2. The third-order valence-electron chi connectivity index (χ3n) is 3.98. The lowest BCUT2D eigenvalue weighted by molar-refractivity contribution is 0.322. The van der Waals surface area contributed by atoms with E-state index >= 15 is 0 Å². The number of rotatable bonds is 5. The molecule has 0 aromatic heterocycles. The molecule has 0 fully saturated rings. The van der Waals surface area contributed by atoms with Crippen LogP contribution in [-0.4, -0.2) is 12.5 Å². The topological polar surface area (TPSA) is 33.0 Å². The van der Waals surface area contributed by atoms with Gasteiger partial charge < -0.3 is 4.74 Å². The molecular weight excluding hydrogens is 325 g/mol. The van der Waals surface area contributed by atoms with Crippen molar-refractivity contribution in [3.63, 3.8) is 0 Å². The molecule has 0 saturated carbocycles. The summed E-state index contributed by atoms with van der Waals surface area (Å²) in [5, 5.41) is 9.32. The van der Waals surface area contributed by atoms with E-state index in [9.17, 15) is 9.65 Å². The average Bonchev–Trinajstić information content (AvgIpc) is 2.60. The van der Waals surface area contributed by atoms with E-state index in [4.69, 9.17) is 22.8 Å². The highest BCUT2D eigenvalue weighted by atomic mass is 35.5. The van der Waals surface area contributed by atoms with Gasteiger partial charge in [0.15, 0.2) is 11.6 Å². The van der Waals surface area contributed by atoms with Gasteiger partial charge in [-0.3, -0.25) is 0 Å². The molecule has 2 aromatic carbocycles. The Morgan fingerprint density at radius 2 is 1.88 bits per heavy atom. The SMILES string of the molecule is C#Cc1ccc(C(C)(C)c2cc(F)c(OCCCl)c(C#N)c2)cc1. The Labute approximate surface area is 146 Å². The molecule has 0 N–H and O–H groups in total. The zero-order valence-corrected chi connectivity index (χ0v) is 14.3. The minimum atomic E-state index is -0.567. The summed E-state index contributed by atoms with van der Waals surface area (Å²) >= 11 is 5.56. The molecule has 0 aliphatic rings. The number of benzene rings is 2. The minimum Gasteiger partial charge on any atom is -0.488 e. The molecule has 2 rings (SSSR count). The number of nitrogens with zero attached hydrogens (tertiary/aromatic N) is 1. The van der Waals surface area contributed by atoms with Gasteiger partial charge in [-0.25, -0.2) is 4.39 Å². The zero-order chi connectivity index (χ0) is 17.7. The summed E-state index contributed by atoms with van der Waals surface area (Å²) in [6.45, 7) is 4.07. The molecule has 0 bridgehead atoms. The highest BCUT2D eigenvalue weighted by molar-refractivity contribution is 6.18. The van der Waals surface area contributed by atoms with Crippen molar-refractivity contribution < 1.29 is 9.13 Å². The standard InChI is InChI=1S/C20H17ClFNO/c1-4-14-5-7-16(8-6-14)20(2,3)17-11-15(13-23)19(18(22)12-17)24-10-9-21/h1,5-8,11-12H,9-10H2,2-3H3. The smallest absolute Gasteiger partial charge is 0.172 e. The highest BCUT2D eigenvalue weighted by Gasteiger charge is 2.26. The fourth-order valence-corrected chi connectivity index (χ4v) is 2.55. The van der Waals surface area contributed by atoms with Gasteiger partial charge in [-0.1, -0.05) is 31.9 Å². The van der Waals surface area contributed by atoms with Gasteiger partial charge in [0.25, 0.3) is 0 Å². The summed E-state index contributed by atoms with van der Waals surface area (Å²) in [6, 6.07) is 12.6. The summed E-state index contributed by atoms with van der Waals surface area (Å²) in [7, 11) is 0. The van der Waals surface area contributed by atoms with E-state index < -0.39 is 11.2 Å². The van der Waals surface area contributed by atoms with E-state index in [0.29, 0.717) is 5.56 Å². The summed E-state index contributed by atoms with van der Waals surface area (Å²) in [5.74, 6) is 2.17. The van der Waals surface area contributed by atoms with Crippen molar-refractivity contribution in [1.82, 2.24) is 0 Å². The van der Waals surface area contributed by atoms with Crippen molar-refractivity contribution in [2.24, 2.45) is 0 Å². The van der Waals surface area contributed by atoms with E-state index in [1.807, 2.05) is 44.2 Å². The van der Waals surface area contributed by atoms with Crippen molar-refractivity contribution in [2.45, 2.75) is 19.3 Å². The van der Waals surface area contributed by atoms with Gasteiger partial charge in [0, 0.05) is 11.0 Å². The van der Waals surface area contributed by atoms with Crippen LogP contribution in [0.15, 0.2) is 36.4 Å². The Hall–Kier alpha value is -2.49. The van der Waals surface area contributed by atoms with Crippen LogP contribution in [0.3, 0.4) is 0 Å². The van der Waals surface area contributed by atoms with Crippen LogP contribution in [0.2, 0.25) is 0 Å². The Balaban J connectivity index is 2.48. The van der Waals surface area contributed by atoms with Gasteiger partial charge in [-0.05, 0) is 35.4 Å². The largest absolute Gasteiger partial charge is 0.488 e. The number of halogens is 2. The second-order valence-corrected chi connectivity index (χ2v) is 6.21. The molecule has 0 radical (unpaired) electrons. The van der Waals surface area contributed by atoms with E-state index in [-0.39, 0.29) is 23.8 Å². The Kier molecular flexibility index (Phi) is 5.50. The Bertz CT molecular complexity index is 813. The van der Waals surface area contributed by atoms with E-state index in [1.54, 1.807) is 6.07 Å². The van der Waals surface area contributed by atoms with Crippen LogP contribution in [0.5, 0.6) is 5.75 Å². The molecule has 4 heteroatoms. The van der Waals surface area contributed by atoms with Gasteiger partial charge in [0.1, 0.15) is 12.7 Å². The molecule has 122 valence electrons. The first-order chi connectivity index (χ1) is 11.4. The maximum atomic E-state index is 14.4. The summed E-state index contributed by atoms with van der Waals surface area (Å²) in [4.78, 5) is 0. The first kappa shape index (κ1) is 17.9. The average molecular weight is 342 g/mol. The second kappa shape index (κ2) is 7.39. The van der Waals surface area contributed by atoms with Crippen LogP contribution in [0.4, 0.5) is 4.39 Å². The van der Waals surface area contributed by atoms with Crippen LogP contribution < -0.4 is 4.74 Å². The van der Waals surface area contributed by atoms with Gasteiger partial charge in [-0.15, -0.1) is 18.0 Å². The lowest BCUT2D eigenvalue weighted by atomic mass is 9.77. The predicted octanol–water partition coefficient (Wildman–Crippen LogP) is 4.62. The Morgan fingerprint density at radius 1 is 1.21 bits per heavy atom. The quantitative estimate of drug-likeness (QED) is 0.587. The molecule has 0 amide bonds. The summed E-state index contributed by atoms with van der Waals surface area (Å²) < 4.78 is 19.7. The first-order valence-corrected chi connectivity index (χ1v) is 7.97. The van der Waals surface area contributed by atoms with Gasteiger partial charge in [0.05, 0.1) is 11.4 Å². The second-order valence-electron chi connectivity index (χ2n) is 5.83. The molecular formula is C20H17ClFNO. The summed E-state index contributed by atoms with van der Waals surface area (Å²) in [5.41, 5.74) is 2.10. The highest BCUT2D eigenvalue weighted by Crippen LogP contribution is 2.35. The number of nitriles is 1. The van der Waals surface area contributed by atoms with Gasteiger partial charge in [0.2, 0.25) is 0 Å². The molecule has 0 spiro atoms. The van der Waals surface area contributed by atoms with Crippen molar-refractivity contribution in [1.29, 1.82) is 5.26 Å². The number of alkyl halides is 1. The first-order valence-electron chi connectivity index (χ1n) is 7.44. The van der Waals surface area contributed by atoms with E-state index in [1.165, 1.54) is 6.07 Å².